The Balaban J connectivity index is 2.85. The molecule has 2 atom stereocenters. The molecule has 0 aromatic carbocycles. The highest BCUT2D eigenvalue weighted by Crippen LogP contribution is 2.49. The quantitative estimate of drug-likeness (QED) is 0.405. The van der Waals surface area contributed by atoms with E-state index in [0.717, 1.165) is 19.3 Å². The van der Waals surface area contributed by atoms with Crippen LogP contribution in [0, 0.1) is 5.41 Å². The fourth-order valence-corrected chi connectivity index (χ4v) is 3.09. The van der Waals surface area contributed by atoms with Crippen LogP contribution in [-0.4, -0.2) is 32.6 Å². The Morgan fingerprint density at radius 3 is 2.56 bits per heavy atom. The van der Waals surface area contributed by atoms with Crippen molar-refractivity contribution >= 4 is 20.0 Å². The molecule has 4 nitrogen and oxygen atoms in total. The lowest BCUT2D eigenvalue weighted by atomic mass is 9.53. The minimum Gasteiger partial charge on any atom is -0.211 e. The van der Waals surface area contributed by atoms with Crippen molar-refractivity contribution in [2.45, 2.75) is 44.5 Å². The Hall–Kier alpha value is -1.18. The van der Waals surface area contributed by atoms with Gasteiger partial charge in [-0.1, -0.05) is 13.8 Å². The Bertz CT molecular complexity index is 357. The Kier molecular flexibility index (Phi) is 3.85. The van der Waals surface area contributed by atoms with Crippen LogP contribution >= 0.6 is 0 Å². The molecule has 0 aromatic heterocycles. The molecule has 5 heteroatoms. The first-order valence-corrected chi connectivity index (χ1v) is 5.51. The van der Waals surface area contributed by atoms with Gasteiger partial charge in [-0.05, 0) is 30.0 Å². The van der Waals surface area contributed by atoms with Crippen LogP contribution in [0.2, 0.25) is 5.31 Å². The summed E-state index contributed by atoms with van der Waals surface area (Å²) in [6, 6.07) is 0.00750. The predicted octanol–water partition coefficient (Wildman–Crippen LogP) is 1.03. The first-order chi connectivity index (χ1) is 7.41. The zero-order valence-corrected chi connectivity index (χ0v) is 10.1. The van der Waals surface area contributed by atoms with Crippen molar-refractivity contribution in [3.05, 3.63) is 0 Å². The normalized spacial score (nSPS) is 32.2. The average molecular weight is 220 g/mol. The van der Waals surface area contributed by atoms with Crippen LogP contribution in [0.25, 0.3) is 0 Å². The summed E-state index contributed by atoms with van der Waals surface area (Å²) in [5.74, 6) is 0. The molecule has 0 heterocycles. The number of hydrogen-bond acceptors (Lipinski definition) is 4. The summed E-state index contributed by atoms with van der Waals surface area (Å²) < 4.78 is 0. The van der Waals surface area contributed by atoms with E-state index in [-0.39, 0.29) is 16.8 Å². The standard InChI is InChI=1S/C11H17BN2O2/c1-10(2)3-9(14-8-16)4-11(12,5-10)6-13-7-15/h9H,3-6,12H2,1-2H3. The highest BCUT2D eigenvalue weighted by Gasteiger charge is 2.41. The largest absolute Gasteiger partial charge is 0.235 e. The van der Waals surface area contributed by atoms with E-state index in [0.29, 0.717) is 6.54 Å². The topological polar surface area (TPSA) is 58.9 Å². The third kappa shape index (κ3) is 3.44. The second-order valence-corrected chi connectivity index (χ2v) is 5.84. The third-order valence-electron chi connectivity index (χ3n) is 3.18. The molecule has 1 aliphatic carbocycles. The van der Waals surface area contributed by atoms with Crippen LogP contribution in [0.15, 0.2) is 9.98 Å². The molecule has 0 amide bonds. The SMILES string of the molecule is BC1(CN=C=O)CC(N=C=O)CC(C)(C)C1. The van der Waals surface area contributed by atoms with Crippen LogP contribution < -0.4 is 0 Å². The van der Waals surface area contributed by atoms with Crippen molar-refractivity contribution in [1.29, 1.82) is 0 Å². The predicted molar refractivity (Wildman–Crippen MR) is 63.8 cm³/mol. The van der Waals surface area contributed by atoms with Gasteiger partial charge in [0.05, 0.1) is 12.6 Å². The summed E-state index contributed by atoms with van der Waals surface area (Å²) in [5.41, 5.74) is 0.121. The number of aliphatic imine (C=N–C) groups is 2. The van der Waals surface area contributed by atoms with Crippen molar-refractivity contribution in [3.8, 4) is 0 Å². The van der Waals surface area contributed by atoms with E-state index in [1.54, 1.807) is 12.2 Å². The van der Waals surface area contributed by atoms with Crippen LogP contribution in [0.3, 0.4) is 0 Å². The molecule has 2 unspecified atom stereocenters. The molecule has 1 fully saturated rings. The molecular weight excluding hydrogens is 203 g/mol. The van der Waals surface area contributed by atoms with Gasteiger partial charge in [-0.25, -0.2) is 19.6 Å². The molecule has 0 radical (unpaired) electrons. The maximum absolute atomic E-state index is 10.3. The van der Waals surface area contributed by atoms with Crippen molar-refractivity contribution in [2.75, 3.05) is 6.54 Å². The fraction of sp³-hybridized carbons (Fsp3) is 0.818. The third-order valence-corrected chi connectivity index (χ3v) is 3.18. The molecule has 0 aliphatic heterocycles. The van der Waals surface area contributed by atoms with E-state index in [1.165, 1.54) is 0 Å². The molecule has 0 aromatic rings. The summed E-state index contributed by atoms with van der Waals surface area (Å²) in [6.07, 6.45) is 5.88. The minimum absolute atomic E-state index is 0.00750. The molecular formula is C11H17BN2O2. The Labute approximate surface area is 96.6 Å². The number of hydrogen-bond donors (Lipinski definition) is 0. The van der Waals surface area contributed by atoms with Crippen molar-refractivity contribution in [2.24, 2.45) is 15.4 Å². The zero-order chi connectivity index (χ0) is 12.2. The molecule has 1 saturated carbocycles. The van der Waals surface area contributed by atoms with Gasteiger partial charge in [-0.15, -0.1) is 0 Å². The number of carbonyl (C=O) groups excluding carboxylic acids is 2. The summed E-state index contributed by atoms with van der Waals surface area (Å²) in [5, 5.41) is -0.0653. The Morgan fingerprint density at radius 1 is 1.31 bits per heavy atom. The molecule has 86 valence electrons. The van der Waals surface area contributed by atoms with E-state index in [1.807, 2.05) is 0 Å². The molecule has 1 aliphatic rings. The highest BCUT2D eigenvalue weighted by atomic mass is 16.1. The lowest BCUT2D eigenvalue weighted by Gasteiger charge is -2.44. The minimum atomic E-state index is -0.0653. The second kappa shape index (κ2) is 4.77. The van der Waals surface area contributed by atoms with Gasteiger partial charge in [-0.3, -0.25) is 0 Å². The van der Waals surface area contributed by atoms with Gasteiger partial charge >= 0.3 is 0 Å². The molecule has 0 bridgehead atoms. The van der Waals surface area contributed by atoms with Gasteiger partial charge in [0.25, 0.3) is 0 Å². The average Bonchev–Trinajstić information content (AvgIpc) is 2.12. The van der Waals surface area contributed by atoms with Gasteiger partial charge in [-0.2, -0.15) is 0 Å². The monoisotopic (exact) mass is 220 g/mol. The van der Waals surface area contributed by atoms with E-state index in [9.17, 15) is 9.59 Å². The maximum Gasteiger partial charge on any atom is 0.235 e. The Morgan fingerprint density at radius 2 is 2.00 bits per heavy atom. The summed E-state index contributed by atoms with van der Waals surface area (Å²) in [6.45, 7) is 4.77. The molecule has 16 heavy (non-hydrogen) atoms. The summed E-state index contributed by atoms with van der Waals surface area (Å²) in [4.78, 5) is 28.0. The first kappa shape index (κ1) is 12.9. The van der Waals surface area contributed by atoms with Crippen LogP contribution in [0.4, 0.5) is 0 Å². The number of nitrogens with zero attached hydrogens (tertiary/aromatic N) is 2. The van der Waals surface area contributed by atoms with E-state index < -0.39 is 0 Å². The number of rotatable bonds is 3. The van der Waals surface area contributed by atoms with Crippen LogP contribution in [0.5, 0.6) is 0 Å². The lowest BCUT2D eigenvalue weighted by molar-refractivity contribution is 0.175. The van der Waals surface area contributed by atoms with Gasteiger partial charge in [0.2, 0.25) is 12.2 Å². The van der Waals surface area contributed by atoms with Crippen molar-refractivity contribution < 1.29 is 9.59 Å². The lowest BCUT2D eigenvalue weighted by Crippen LogP contribution is -2.37. The smallest absolute Gasteiger partial charge is 0.211 e. The number of isocyanates is 2. The van der Waals surface area contributed by atoms with Gasteiger partial charge < -0.3 is 0 Å². The van der Waals surface area contributed by atoms with Gasteiger partial charge in [0.1, 0.15) is 7.85 Å². The van der Waals surface area contributed by atoms with Crippen molar-refractivity contribution in [1.82, 2.24) is 0 Å². The molecule has 1 rings (SSSR count). The highest BCUT2D eigenvalue weighted by molar-refractivity contribution is 6.15. The summed E-state index contributed by atoms with van der Waals surface area (Å²) in [7, 11) is 2.09. The van der Waals surface area contributed by atoms with Crippen molar-refractivity contribution in [3.63, 3.8) is 0 Å². The van der Waals surface area contributed by atoms with Crippen LogP contribution in [0.1, 0.15) is 33.1 Å². The van der Waals surface area contributed by atoms with Crippen LogP contribution in [-0.2, 0) is 9.59 Å². The maximum atomic E-state index is 10.3. The van der Waals surface area contributed by atoms with E-state index in [4.69, 9.17) is 0 Å². The molecule has 0 saturated heterocycles. The molecule has 0 N–H and O–H groups in total. The summed E-state index contributed by atoms with van der Waals surface area (Å²) >= 11 is 0. The fourth-order valence-electron chi connectivity index (χ4n) is 3.09. The van der Waals surface area contributed by atoms with Gasteiger partial charge in [0.15, 0.2) is 0 Å². The zero-order valence-electron chi connectivity index (χ0n) is 10.1. The second-order valence-electron chi connectivity index (χ2n) is 5.84. The van der Waals surface area contributed by atoms with E-state index >= 15 is 0 Å². The van der Waals surface area contributed by atoms with Gasteiger partial charge in [0, 0.05) is 0 Å². The molecule has 0 spiro atoms. The first-order valence-electron chi connectivity index (χ1n) is 5.51. The van der Waals surface area contributed by atoms with E-state index in [2.05, 4.69) is 31.7 Å².